The summed E-state index contributed by atoms with van der Waals surface area (Å²) in [6.07, 6.45) is 3.10. The first-order valence-corrected chi connectivity index (χ1v) is 6.99. The van der Waals surface area contributed by atoms with Gasteiger partial charge in [0.15, 0.2) is 0 Å². The first-order chi connectivity index (χ1) is 8.83. The van der Waals surface area contributed by atoms with Gasteiger partial charge >= 0.3 is 12.1 Å². The zero-order valence-corrected chi connectivity index (χ0v) is 12.3. The van der Waals surface area contributed by atoms with Crippen LogP contribution in [0.3, 0.4) is 0 Å². The summed E-state index contributed by atoms with van der Waals surface area (Å²) >= 11 is 0. The van der Waals surface area contributed by atoms with E-state index in [4.69, 9.17) is 9.47 Å². The zero-order chi connectivity index (χ0) is 14.5. The minimum Gasteiger partial charge on any atom is -0.466 e. The van der Waals surface area contributed by atoms with Crippen LogP contribution in [0.1, 0.15) is 53.4 Å². The van der Waals surface area contributed by atoms with Crippen LogP contribution in [0.5, 0.6) is 0 Å². The zero-order valence-electron chi connectivity index (χ0n) is 12.3. The van der Waals surface area contributed by atoms with Crippen LogP contribution in [-0.2, 0) is 14.3 Å². The number of alkyl carbamates (subject to hydrolysis) is 1. The average molecular weight is 271 g/mol. The molecule has 2 atom stereocenters. The number of carbonyl (C=O) groups is 2. The number of hydrogen-bond donors (Lipinski definition) is 1. The van der Waals surface area contributed by atoms with Crippen LogP contribution < -0.4 is 5.32 Å². The van der Waals surface area contributed by atoms with Gasteiger partial charge in [-0.3, -0.25) is 4.79 Å². The Morgan fingerprint density at radius 2 is 1.84 bits per heavy atom. The Morgan fingerprint density at radius 1 is 1.21 bits per heavy atom. The van der Waals surface area contributed by atoms with E-state index in [-0.39, 0.29) is 17.9 Å². The van der Waals surface area contributed by atoms with Gasteiger partial charge in [0.05, 0.1) is 12.5 Å². The predicted octanol–water partition coefficient (Wildman–Crippen LogP) is 2.63. The molecule has 1 rings (SSSR count). The van der Waals surface area contributed by atoms with Gasteiger partial charge < -0.3 is 14.8 Å². The van der Waals surface area contributed by atoms with Crippen LogP contribution >= 0.6 is 0 Å². The van der Waals surface area contributed by atoms with Gasteiger partial charge in [-0.25, -0.2) is 4.79 Å². The van der Waals surface area contributed by atoms with Crippen LogP contribution in [0, 0.1) is 5.92 Å². The Balaban J connectivity index is 2.57. The second-order valence-corrected chi connectivity index (χ2v) is 5.90. The summed E-state index contributed by atoms with van der Waals surface area (Å²) in [5.41, 5.74) is -0.530. The number of esters is 1. The number of rotatable bonds is 3. The summed E-state index contributed by atoms with van der Waals surface area (Å²) in [5.74, 6) is -0.468. The smallest absolute Gasteiger partial charge is 0.407 e. The third kappa shape index (κ3) is 5.49. The molecule has 1 saturated carbocycles. The highest BCUT2D eigenvalue weighted by atomic mass is 16.6. The molecule has 0 heterocycles. The molecule has 1 aliphatic rings. The Morgan fingerprint density at radius 3 is 2.42 bits per heavy atom. The fourth-order valence-corrected chi connectivity index (χ4v) is 2.29. The fourth-order valence-electron chi connectivity index (χ4n) is 2.29. The second-order valence-electron chi connectivity index (χ2n) is 5.90. The van der Waals surface area contributed by atoms with Crippen molar-refractivity contribution >= 4 is 12.1 Å². The standard InChI is InChI=1S/C14H25NO4/c1-5-18-12(16)10-8-6-7-9-11(10)15-13(17)19-14(2,3)4/h10-11H,5-9H2,1-4H3,(H,15,17)/t10-,11-/m0/s1. The van der Waals surface area contributed by atoms with Gasteiger partial charge in [0.25, 0.3) is 0 Å². The largest absolute Gasteiger partial charge is 0.466 e. The molecule has 0 unspecified atom stereocenters. The predicted molar refractivity (Wildman–Crippen MR) is 71.7 cm³/mol. The molecule has 0 spiro atoms. The van der Waals surface area contributed by atoms with E-state index in [1.165, 1.54) is 0 Å². The molecule has 1 fully saturated rings. The van der Waals surface area contributed by atoms with E-state index in [1.54, 1.807) is 6.92 Å². The summed E-state index contributed by atoms with van der Waals surface area (Å²) in [7, 11) is 0. The average Bonchev–Trinajstić information content (AvgIpc) is 2.27. The summed E-state index contributed by atoms with van der Waals surface area (Å²) in [6.45, 7) is 7.61. The topological polar surface area (TPSA) is 64.6 Å². The summed E-state index contributed by atoms with van der Waals surface area (Å²) in [4.78, 5) is 23.6. The van der Waals surface area contributed by atoms with Crippen molar-refractivity contribution in [3.8, 4) is 0 Å². The van der Waals surface area contributed by atoms with E-state index in [0.29, 0.717) is 6.61 Å². The van der Waals surface area contributed by atoms with E-state index >= 15 is 0 Å². The van der Waals surface area contributed by atoms with Crippen molar-refractivity contribution in [1.82, 2.24) is 5.32 Å². The number of hydrogen-bond acceptors (Lipinski definition) is 4. The molecule has 0 aliphatic heterocycles. The number of carbonyl (C=O) groups excluding carboxylic acids is 2. The van der Waals surface area contributed by atoms with E-state index in [9.17, 15) is 9.59 Å². The first kappa shape index (κ1) is 15.8. The third-order valence-electron chi connectivity index (χ3n) is 3.06. The second kappa shape index (κ2) is 6.78. The van der Waals surface area contributed by atoms with Gasteiger partial charge in [0.2, 0.25) is 0 Å². The summed E-state index contributed by atoms with van der Waals surface area (Å²) in [6, 6.07) is -0.178. The van der Waals surface area contributed by atoms with Crippen molar-refractivity contribution in [3.05, 3.63) is 0 Å². The van der Waals surface area contributed by atoms with Crippen LogP contribution in [0.25, 0.3) is 0 Å². The maximum Gasteiger partial charge on any atom is 0.407 e. The highest BCUT2D eigenvalue weighted by Crippen LogP contribution is 2.26. The maximum atomic E-state index is 11.9. The lowest BCUT2D eigenvalue weighted by Crippen LogP contribution is -2.47. The van der Waals surface area contributed by atoms with Crippen molar-refractivity contribution in [2.45, 2.75) is 65.0 Å². The monoisotopic (exact) mass is 271 g/mol. The molecule has 5 nitrogen and oxygen atoms in total. The molecule has 1 amide bonds. The molecular formula is C14H25NO4. The van der Waals surface area contributed by atoms with Crippen molar-refractivity contribution in [1.29, 1.82) is 0 Å². The molecule has 0 radical (unpaired) electrons. The van der Waals surface area contributed by atoms with Gasteiger partial charge in [0.1, 0.15) is 5.60 Å². The van der Waals surface area contributed by atoms with Crippen molar-refractivity contribution in [2.75, 3.05) is 6.61 Å². The maximum absolute atomic E-state index is 11.9. The quantitative estimate of drug-likeness (QED) is 0.801. The van der Waals surface area contributed by atoms with Crippen molar-refractivity contribution < 1.29 is 19.1 Å². The SMILES string of the molecule is CCOC(=O)[C@H]1CCCC[C@@H]1NC(=O)OC(C)(C)C. The van der Waals surface area contributed by atoms with Gasteiger partial charge in [-0.1, -0.05) is 12.8 Å². The Bertz CT molecular complexity index is 322. The van der Waals surface area contributed by atoms with Gasteiger partial charge in [-0.2, -0.15) is 0 Å². The lowest BCUT2D eigenvalue weighted by Gasteiger charge is -2.31. The minimum atomic E-state index is -0.530. The molecule has 5 heteroatoms. The lowest BCUT2D eigenvalue weighted by atomic mass is 9.84. The molecule has 0 saturated heterocycles. The summed E-state index contributed by atoms with van der Waals surface area (Å²) < 4.78 is 10.3. The number of ether oxygens (including phenoxy) is 2. The molecule has 0 bridgehead atoms. The van der Waals surface area contributed by atoms with Crippen molar-refractivity contribution in [3.63, 3.8) is 0 Å². The van der Waals surface area contributed by atoms with Gasteiger partial charge in [0, 0.05) is 6.04 Å². The Hall–Kier alpha value is -1.26. The van der Waals surface area contributed by atoms with Crippen molar-refractivity contribution in [2.24, 2.45) is 5.92 Å². The lowest BCUT2D eigenvalue weighted by molar-refractivity contribution is -0.150. The molecule has 19 heavy (non-hydrogen) atoms. The molecule has 110 valence electrons. The minimum absolute atomic E-state index is 0.178. The molecule has 0 aromatic rings. The van der Waals surface area contributed by atoms with Gasteiger partial charge in [-0.15, -0.1) is 0 Å². The fraction of sp³-hybridized carbons (Fsp3) is 0.857. The number of nitrogens with one attached hydrogen (secondary N) is 1. The number of amides is 1. The highest BCUT2D eigenvalue weighted by Gasteiger charge is 2.33. The molecule has 1 aliphatic carbocycles. The highest BCUT2D eigenvalue weighted by molar-refractivity contribution is 5.75. The normalized spacial score (nSPS) is 23.6. The summed E-state index contributed by atoms with van der Waals surface area (Å²) in [5, 5.41) is 2.80. The molecule has 1 N–H and O–H groups in total. The molecule has 0 aromatic heterocycles. The van der Waals surface area contributed by atoms with Crippen LogP contribution in [0.2, 0.25) is 0 Å². The Kier molecular flexibility index (Phi) is 5.63. The van der Waals surface area contributed by atoms with Crippen LogP contribution in [0.15, 0.2) is 0 Å². The first-order valence-electron chi connectivity index (χ1n) is 6.99. The van der Waals surface area contributed by atoms with Crippen LogP contribution in [0.4, 0.5) is 4.79 Å². The third-order valence-corrected chi connectivity index (χ3v) is 3.06. The molecular weight excluding hydrogens is 246 g/mol. The molecule has 0 aromatic carbocycles. The van der Waals surface area contributed by atoms with Crippen LogP contribution in [-0.4, -0.2) is 30.3 Å². The van der Waals surface area contributed by atoms with Gasteiger partial charge in [-0.05, 0) is 40.5 Å². The van der Waals surface area contributed by atoms with E-state index < -0.39 is 11.7 Å². The van der Waals surface area contributed by atoms with E-state index in [1.807, 2.05) is 20.8 Å². The van der Waals surface area contributed by atoms with E-state index in [2.05, 4.69) is 5.32 Å². The Labute approximate surface area is 115 Å². The van der Waals surface area contributed by atoms with E-state index in [0.717, 1.165) is 25.7 Å².